The summed E-state index contributed by atoms with van der Waals surface area (Å²) in [6.45, 7) is 5.40. The van der Waals surface area contributed by atoms with Crippen LogP contribution >= 0.6 is 0 Å². The van der Waals surface area contributed by atoms with Crippen molar-refractivity contribution in [2.75, 3.05) is 26.2 Å². The van der Waals surface area contributed by atoms with Gasteiger partial charge in [-0.2, -0.15) is 4.98 Å². The highest BCUT2D eigenvalue weighted by atomic mass is 16.5. The van der Waals surface area contributed by atoms with Crippen LogP contribution in [0.25, 0.3) is 11.4 Å². The van der Waals surface area contributed by atoms with Crippen LogP contribution < -0.4 is 5.73 Å². The third kappa shape index (κ3) is 4.21. The van der Waals surface area contributed by atoms with Crippen LogP contribution in [0.1, 0.15) is 34.8 Å². The van der Waals surface area contributed by atoms with Gasteiger partial charge in [0.2, 0.25) is 11.7 Å². The Bertz CT molecular complexity index is 947. The first-order valence-corrected chi connectivity index (χ1v) is 9.87. The van der Waals surface area contributed by atoms with Crippen molar-refractivity contribution in [3.8, 4) is 11.4 Å². The maximum absolute atomic E-state index is 12.7. The van der Waals surface area contributed by atoms with Crippen LogP contribution in [0, 0.1) is 0 Å². The van der Waals surface area contributed by atoms with Gasteiger partial charge in [0.1, 0.15) is 0 Å². The van der Waals surface area contributed by atoms with Crippen molar-refractivity contribution in [1.29, 1.82) is 0 Å². The summed E-state index contributed by atoms with van der Waals surface area (Å²) in [5, 5.41) is 4.11. The topological polar surface area (TPSA) is 88.5 Å². The maximum Gasteiger partial charge on any atom is 0.253 e. The van der Waals surface area contributed by atoms with Gasteiger partial charge in [-0.15, -0.1) is 0 Å². The van der Waals surface area contributed by atoms with Crippen LogP contribution in [0.2, 0.25) is 0 Å². The molecule has 2 heterocycles. The molecule has 0 spiro atoms. The van der Waals surface area contributed by atoms with E-state index in [0.29, 0.717) is 36.9 Å². The zero-order valence-corrected chi connectivity index (χ0v) is 16.5. The molecular formula is C22H25N5O2. The molecule has 1 aliphatic heterocycles. The second-order valence-electron chi connectivity index (χ2n) is 7.23. The fourth-order valence-corrected chi connectivity index (χ4v) is 3.54. The minimum absolute atomic E-state index is 0.000974. The van der Waals surface area contributed by atoms with E-state index in [1.807, 2.05) is 59.5 Å². The monoisotopic (exact) mass is 391 g/mol. The predicted octanol–water partition coefficient (Wildman–Crippen LogP) is 2.71. The lowest BCUT2D eigenvalue weighted by Crippen LogP contribution is -2.49. The fourth-order valence-electron chi connectivity index (χ4n) is 3.54. The van der Waals surface area contributed by atoms with Crippen molar-refractivity contribution in [3.05, 3.63) is 71.6 Å². The van der Waals surface area contributed by atoms with Crippen molar-refractivity contribution in [3.63, 3.8) is 0 Å². The Morgan fingerprint density at radius 2 is 1.76 bits per heavy atom. The minimum Gasteiger partial charge on any atom is -0.337 e. The maximum atomic E-state index is 12.7. The Morgan fingerprint density at radius 3 is 2.41 bits per heavy atom. The van der Waals surface area contributed by atoms with E-state index in [1.165, 1.54) is 0 Å². The Kier molecular flexibility index (Phi) is 5.69. The van der Waals surface area contributed by atoms with Gasteiger partial charge in [0, 0.05) is 43.9 Å². The van der Waals surface area contributed by atoms with Gasteiger partial charge in [-0.3, -0.25) is 9.69 Å². The van der Waals surface area contributed by atoms with Crippen molar-refractivity contribution in [2.24, 2.45) is 5.73 Å². The summed E-state index contributed by atoms with van der Waals surface area (Å²) >= 11 is 0. The van der Waals surface area contributed by atoms with E-state index < -0.39 is 0 Å². The smallest absolute Gasteiger partial charge is 0.253 e. The molecule has 1 saturated heterocycles. The first-order chi connectivity index (χ1) is 14.2. The summed E-state index contributed by atoms with van der Waals surface area (Å²) in [4.78, 5) is 21.5. The lowest BCUT2D eigenvalue weighted by Gasteiger charge is -2.36. The number of nitrogens with zero attached hydrogens (tertiary/aromatic N) is 4. The molecule has 1 unspecified atom stereocenters. The number of carbonyl (C=O) groups is 1. The van der Waals surface area contributed by atoms with E-state index in [4.69, 9.17) is 10.3 Å². The number of rotatable bonds is 5. The lowest BCUT2D eigenvalue weighted by molar-refractivity contribution is 0.0551. The molecule has 0 aliphatic carbocycles. The molecule has 1 aliphatic rings. The van der Waals surface area contributed by atoms with Gasteiger partial charge in [0.05, 0.1) is 6.04 Å². The molecule has 29 heavy (non-hydrogen) atoms. The number of benzene rings is 2. The Labute approximate surface area is 170 Å². The summed E-state index contributed by atoms with van der Waals surface area (Å²) < 4.78 is 5.51. The van der Waals surface area contributed by atoms with Gasteiger partial charge in [0.25, 0.3) is 5.91 Å². The normalized spacial score (nSPS) is 16.0. The summed E-state index contributed by atoms with van der Waals surface area (Å²) in [7, 11) is 0. The summed E-state index contributed by atoms with van der Waals surface area (Å²) in [6.07, 6.45) is 0. The van der Waals surface area contributed by atoms with E-state index in [0.717, 1.165) is 24.2 Å². The highest BCUT2D eigenvalue weighted by molar-refractivity contribution is 5.94. The van der Waals surface area contributed by atoms with Crippen LogP contribution in [-0.4, -0.2) is 52.0 Å². The Balaban J connectivity index is 1.36. The first-order valence-electron chi connectivity index (χ1n) is 9.87. The number of carbonyl (C=O) groups excluding carboxylic acids is 1. The second-order valence-corrected chi connectivity index (χ2v) is 7.23. The van der Waals surface area contributed by atoms with Crippen molar-refractivity contribution < 1.29 is 9.32 Å². The van der Waals surface area contributed by atoms with E-state index in [9.17, 15) is 4.79 Å². The van der Waals surface area contributed by atoms with E-state index in [2.05, 4.69) is 22.0 Å². The molecule has 150 valence electrons. The average Bonchev–Trinajstić information content (AvgIpc) is 3.29. The van der Waals surface area contributed by atoms with E-state index in [1.54, 1.807) is 0 Å². The highest BCUT2D eigenvalue weighted by Gasteiger charge is 2.28. The number of amides is 1. The molecule has 2 aromatic carbocycles. The summed E-state index contributed by atoms with van der Waals surface area (Å²) in [6, 6.07) is 17.3. The molecule has 0 bridgehead atoms. The van der Waals surface area contributed by atoms with E-state index in [-0.39, 0.29) is 11.9 Å². The van der Waals surface area contributed by atoms with Crippen molar-refractivity contribution >= 4 is 5.91 Å². The molecule has 0 saturated carbocycles. The number of aromatic nitrogens is 2. The molecule has 1 fully saturated rings. The van der Waals surface area contributed by atoms with Crippen molar-refractivity contribution in [2.45, 2.75) is 19.5 Å². The zero-order chi connectivity index (χ0) is 20.2. The molecule has 3 aromatic rings. The van der Waals surface area contributed by atoms with Crippen molar-refractivity contribution in [1.82, 2.24) is 19.9 Å². The molecule has 2 N–H and O–H groups in total. The van der Waals surface area contributed by atoms with E-state index >= 15 is 0 Å². The SMILES string of the molecule is CC(c1nc(-c2ccccc2)no1)N1CCN(C(=O)c2ccc(CN)cc2)CC1. The van der Waals surface area contributed by atoms with Crippen LogP contribution in [0.15, 0.2) is 59.1 Å². The van der Waals surface area contributed by atoms with Crippen LogP contribution in [-0.2, 0) is 6.54 Å². The lowest BCUT2D eigenvalue weighted by atomic mass is 10.1. The standard InChI is InChI=1S/C22H25N5O2/c1-16(21-24-20(25-29-21)18-5-3-2-4-6-18)26-11-13-27(14-12-26)22(28)19-9-7-17(15-23)8-10-19/h2-10,16H,11-15,23H2,1H3. The molecule has 1 atom stereocenters. The van der Waals surface area contributed by atoms with Gasteiger partial charge in [-0.05, 0) is 24.6 Å². The molecule has 4 rings (SSSR count). The third-order valence-corrected chi connectivity index (χ3v) is 5.42. The zero-order valence-electron chi connectivity index (χ0n) is 16.5. The van der Waals surface area contributed by atoms with Gasteiger partial charge < -0.3 is 15.2 Å². The summed E-state index contributed by atoms with van der Waals surface area (Å²) in [5.74, 6) is 1.26. The second kappa shape index (κ2) is 8.55. The fraction of sp³-hybridized carbons (Fsp3) is 0.318. The molecule has 1 aromatic heterocycles. The minimum atomic E-state index is 0.000974. The first kappa shape index (κ1) is 19.3. The molecule has 0 radical (unpaired) electrons. The molecule has 7 nitrogen and oxygen atoms in total. The number of hydrogen-bond acceptors (Lipinski definition) is 6. The molecule has 7 heteroatoms. The quantitative estimate of drug-likeness (QED) is 0.719. The molecule has 1 amide bonds. The Hall–Kier alpha value is -3.03. The van der Waals surface area contributed by atoms with Crippen LogP contribution in [0.3, 0.4) is 0 Å². The Morgan fingerprint density at radius 1 is 1.07 bits per heavy atom. The van der Waals surface area contributed by atoms with Gasteiger partial charge in [-0.1, -0.05) is 47.6 Å². The number of piperazine rings is 1. The van der Waals surface area contributed by atoms with Crippen LogP contribution in [0.4, 0.5) is 0 Å². The highest BCUT2D eigenvalue weighted by Crippen LogP contribution is 2.23. The average molecular weight is 391 g/mol. The largest absolute Gasteiger partial charge is 0.337 e. The molecular weight excluding hydrogens is 366 g/mol. The number of nitrogens with two attached hydrogens (primary N) is 1. The van der Waals surface area contributed by atoms with Gasteiger partial charge in [-0.25, -0.2) is 0 Å². The van der Waals surface area contributed by atoms with Crippen LogP contribution in [0.5, 0.6) is 0 Å². The predicted molar refractivity (Wildman–Crippen MR) is 110 cm³/mol. The van der Waals surface area contributed by atoms with Gasteiger partial charge >= 0.3 is 0 Å². The summed E-state index contributed by atoms with van der Waals surface area (Å²) in [5.41, 5.74) is 8.29. The van der Waals surface area contributed by atoms with Gasteiger partial charge in [0.15, 0.2) is 0 Å². The third-order valence-electron chi connectivity index (χ3n) is 5.42. The number of hydrogen-bond donors (Lipinski definition) is 1.